The van der Waals surface area contributed by atoms with Gasteiger partial charge in [-0.25, -0.2) is 8.78 Å². The Hall–Kier alpha value is -4.49. The first-order valence-corrected chi connectivity index (χ1v) is 15.8. The number of hydrogen-bond acceptors (Lipinski definition) is 9. The molecule has 4 heterocycles. The normalized spacial score (nSPS) is 17.7. The average molecular weight is 633 g/mol. The number of aryl methyl sites for hydroxylation is 2. The van der Waals surface area contributed by atoms with Crippen LogP contribution in [-0.2, 0) is 17.9 Å². The number of piperazine rings is 2. The van der Waals surface area contributed by atoms with Gasteiger partial charge in [0.05, 0.1) is 25.2 Å². The Labute approximate surface area is 267 Å². The average Bonchev–Trinajstić information content (AvgIpc) is 3.56. The zero-order valence-corrected chi connectivity index (χ0v) is 26.4. The summed E-state index contributed by atoms with van der Waals surface area (Å²) in [6.07, 6.45) is 0. The maximum Gasteiger partial charge on any atom is 0.170 e. The molecule has 46 heavy (non-hydrogen) atoms. The van der Waals surface area contributed by atoms with Crippen molar-refractivity contribution in [3.63, 3.8) is 0 Å². The Morgan fingerprint density at radius 2 is 1.00 bits per heavy atom. The van der Waals surface area contributed by atoms with Crippen LogP contribution in [0.1, 0.15) is 11.4 Å². The van der Waals surface area contributed by atoms with E-state index in [-0.39, 0.29) is 17.4 Å². The standard InChI is InChI=1S/C33H42F2N10O/c1-23-19-31(36)38-44(23)21-29(42-15-11-40(12-16-42)27-7-3-25(34)4-8-27)33(46)30(22-45-24(2)20-32(37)39-45)43-17-13-41(14-18-43)28-9-5-26(35)6-10-28/h3-10,19-20,29-30H,11-18,21-22H2,1-2H3,(H2,36,38)(H2,37,39). The molecule has 0 bridgehead atoms. The number of anilines is 4. The second-order valence-electron chi connectivity index (χ2n) is 12.2. The molecule has 0 spiro atoms. The third-order valence-electron chi connectivity index (χ3n) is 9.24. The van der Waals surface area contributed by atoms with Gasteiger partial charge in [0.1, 0.15) is 23.3 Å². The van der Waals surface area contributed by atoms with Crippen molar-refractivity contribution in [3.05, 3.63) is 83.7 Å². The van der Waals surface area contributed by atoms with E-state index < -0.39 is 12.1 Å². The second-order valence-corrected chi connectivity index (χ2v) is 12.2. The maximum absolute atomic E-state index is 14.9. The Bertz CT molecular complexity index is 1500. The first-order valence-electron chi connectivity index (χ1n) is 15.8. The van der Waals surface area contributed by atoms with E-state index >= 15 is 0 Å². The summed E-state index contributed by atoms with van der Waals surface area (Å²) in [6.45, 7) is 10.0. The van der Waals surface area contributed by atoms with Gasteiger partial charge in [0.25, 0.3) is 0 Å². The topological polar surface area (TPSA) is 118 Å². The van der Waals surface area contributed by atoms with Crippen LogP contribution in [0.5, 0.6) is 0 Å². The number of halogens is 2. The molecule has 0 radical (unpaired) electrons. The summed E-state index contributed by atoms with van der Waals surface area (Å²) in [5.74, 6) is 0.399. The van der Waals surface area contributed by atoms with Crippen LogP contribution >= 0.6 is 0 Å². The van der Waals surface area contributed by atoms with Crippen LogP contribution < -0.4 is 21.3 Å². The van der Waals surface area contributed by atoms with E-state index in [4.69, 9.17) is 11.5 Å². The van der Waals surface area contributed by atoms with Crippen LogP contribution in [0.4, 0.5) is 31.8 Å². The van der Waals surface area contributed by atoms with Gasteiger partial charge in [0.15, 0.2) is 5.78 Å². The van der Waals surface area contributed by atoms with Crippen molar-refractivity contribution in [1.29, 1.82) is 0 Å². The molecule has 13 heteroatoms. The molecule has 2 aromatic carbocycles. The van der Waals surface area contributed by atoms with Gasteiger partial charge < -0.3 is 21.3 Å². The van der Waals surface area contributed by atoms with E-state index in [0.717, 1.165) is 22.8 Å². The molecule has 2 aliphatic heterocycles. The molecule has 2 atom stereocenters. The SMILES string of the molecule is Cc1cc(N)nn1CC(C(=O)C(Cn1nc(N)cc1C)N1CCN(c2ccc(F)cc2)CC1)N1CCN(c2ccc(F)cc2)CC1. The van der Waals surface area contributed by atoms with Crippen molar-refractivity contribution in [2.24, 2.45) is 0 Å². The van der Waals surface area contributed by atoms with Gasteiger partial charge in [0, 0.05) is 87.3 Å². The highest BCUT2D eigenvalue weighted by Crippen LogP contribution is 2.23. The number of hydrogen-bond donors (Lipinski definition) is 2. The number of carbonyl (C=O) groups excluding carboxylic acids is 1. The highest BCUT2D eigenvalue weighted by Gasteiger charge is 2.38. The van der Waals surface area contributed by atoms with Gasteiger partial charge in [0.2, 0.25) is 0 Å². The van der Waals surface area contributed by atoms with Gasteiger partial charge in [-0.2, -0.15) is 10.2 Å². The summed E-state index contributed by atoms with van der Waals surface area (Å²) in [6, 6.07) is 15.8. The predicted octanol–water partition coefficient (Wildman–Crippen LogP) is 2.79. The lowest BCUT2D eigenvalue weighted by Gasteiger charge is -2.43. The molecule has 0 aliphatic carbocycles. The Balaban J connectivity index is 1.26. The van der Waals surface area contributed by atoms with Crippen molar-refractivity contribution >= 4 is 28.8 Å². The third-order valence-corrected chi connectivity index (χ3v) is 9.24. The molecule has 2 aliphatic rings. The summed E-state index contributed by atoms with van der Waals surface area (Å²) >= 11 is 0. The summed E-state index contributed by atoms with van der Waals surface area (Å²) in [4.78, 5) is 23.8. The highest BCUT2D eigenvalue weighted by molar-refractivity contribution is 5.89. The smallest absolute Gasteiger partial charge is 0.170 e. The fraction of sp³-hybridized carbons (Fsp3) is 0.424. The van der Waals surface area contributed by atoms with Crippen LogP contribution in [0.2, 0.25) is 0 Å². The van der Waals surface area contributed by atoms with Crippen LogP contribution in [0.15, 0.2) is 60.7 Å². The number of Topliss-reactive ketones (excluding diaryl/α,β-unsaturated/α-hetero) is 1. The van der Waals surface area contributed by atoms with E-state index in [1.807, 2.05) is 35.3 Å². The fourth-order valence-electron chi connectivity index (χ4n) is 6.65. The number of carbonyl (C=O) groups is 1. The van der Waals surface area contributed by atoms with E-state index in [1.165, 1.54) is 24.3 Å². The fourth-order valence-corrected chi connectivity index (χ4v) is 6.65. The number of benzene rings is 2. The Kier molecular flexibility index (Phi) is 9.22. The molecule has 2 unspecified atom stereocenters. The van der Waals surface area contributed by atoms with Crippen LogP contribution in [0.3, 0.4) is 0 Å². The summed E-state index contributed by atoms with van der Waals surface area (Å²) in [5.41, 5.74) is 15.8. The van der Waals surface area contributed by atoms with Gasteiger partial charge >= 0.3 is 0 Å². The Morgan fingerprint density at radius 3 is 1.30 bits per heavy atom. The molecule has 244 valence electrons. The number of aromatic nitrogens is 4. The lowest BCUT2D eigenvalue weighted by Crippen LogP contribution is -2.61. The highest BCUT2D eigenvalue weighted by atomic mass is 19.1. The first-order chi connectivity index (χ1) is 22.1. The summed E-state index contributed by atoms with van der Waals surface area (Å²) in [7, 11) is 0. The van der Waals surface area contributed by atoms with Crippen molar-refractivity contribution < 1.29 is 13.6 Å². The van der Waals surface area contributed by atoms with Gasteiger partial charge in [-0.05, 0) is 62.4 Å². The van der Waals surface area contributed by atoms with Gasteiger partial charge in [-0.1, -0.05) is 0 Å². The summed E-state index contributed by atoms with van der Waals surface area (Å²) in [5, 5.41) is 9.02. The van der Waals surface area contributed by atoms with Crippen molar-refractivity contribution in [2.45, 2.75) is 39.0 Å². The maximum atomic E-state index is 14.9. The van der Waals surface area contributed by atoms with E-state index in [1.54, 1.807) is 24.3 Å². The minimum Gasteiger partial charge on any atom is -0.382 e. The van der Waals surface area contributed by atoms with Gasteiger partial charge in [-0.3, -0.25) is 24.0 Å². The second kappa shape index (κ2) is 13.5. The number of ketones is 1. The lowest BCUT2D eigenvalue weighted by atomic mass is 9.99. The predicted molar refractivity (Wildman–Crippen MR) is 176 cm³/mol. The zero-order chi connectivity index (χ0) is 32.4. The van der Waals surface area contributed by atoms with E-state index in [0.29, 0.717) is 77.1 Å². The molecule has 2 fully saturated rings. The summed E-state index contributed by atoms with van der Waals surface area (Å²) < 4.78 is 30.8. The zero-order valence-electron chi connectivity index (χ0n) is 26.4. The molecule has 0 saturated carbocycles. The molecule has 2 aromatic heterocycles. The molecule has 2 saturated heterocycles. The minimum absolute atomic E-state index is 0.0902. The minimum atomic E-state index is -0.471. The van der Waals surface area contributed by atoms with Crippen LogP contribution in [0, 0.1) is 25.5 Å². The molecular weight excluding hydrogens is 590 g/mol. The van der Waals surface area contributed by atoms with Crippen molar-refractivity contribution in [2.75, 3.05) is 73.6 Å². The number of nitrogens with two attached hydrogens (primary N) is 2. The molecule has 0 amide bonds. The van der Waals surface area contributed by atoms with Crippen molar-refractivity contribution in [1.82, 2.24) is 29.4 Å². The van der Waals surface area contributed by atoms with E-state index in [2.05, 4.69) is 29.8 Å². The number of rotatable bonds is 10. The Morgan fingerprint density at radius 1 is 0.652 bits per heavy atom. The molecule has 6 rings (SSSR count). The number of nitrogens with zero attached hydrogens (tertiary/aromatic N) is 8. The molecule has 11 nitrogen and oxygen atoms in total. The molecule has 4 N–H and O–H groups in total. The van der Waals surface area contributed by atoms with E-state index in [9.17, 15) is 13.6 Å². The molecule has 4 aromatic rings. The van der Waals surface area contributed by atoms with Crippen molar-refractivity contribution in [3.8, 4) is 0 Å². The monoisotopic (exact) mass is 632 g/mol. The number of nitrogen functional groups attached to an aromatic ring is 2. The van der Waals surface area contributed by atoms with Gasteiger partial charge in [-0.15, -0.1) is 0 Å². The quantitative estimate of drug-likeness (QED) is 0.272. The first kappa shape index (κ1) is 31.5. The van der Waals surface area contributed by atoms with Crippen LogP contribution in [-0.4, -0.2) is 99.6 Å². The largest absolute Gasteiger partial charge is 0.382 e. The molecular formula is C33H42F2N10O. The van der Waals surface area contributed by atoms with Crippen LogP contribution in [0.25, 0.3) is 0 Å². The third kappa shape index (κ3) is 7.00. The lowest BCUT2D eigenvalue weighted by molar-refractivity contribution is -0.131.